The van der Waals surface area contributed by atoms with E-state index >= 15 is 0 Å². The van der Waals surface area contributed by atoms with E-state index < -0.39 is 5.97 Å². The van der Waals surface area contributed by atoms with Gasteiger partial charge in [0.05, 0.1) is 19.0 Å². The van der Waals surface area contributed by atoms with Gasteiger partial charge in [0.15, 0.2) is 0 Å². The number of nitrogens with zero attached hydrogens (tertiary/aromatic N) is 1. The van der Waals surface area contributed by atoms with Crippen LogP contribution in [0.15, 0.2) is 0 Å². The van der Waals surface area contributed by atoms with Crippen molar-refractivity contribution < 1.29 is 14.7 Å². The molecule has 1 unspecified atom stereocenters. The Morgan fingerprint density at radius 3 is 2.94 bits per heavy atom. The van der Waals surface area contributed by atoms with Crippen molar-refractivity contribution in [1.82, 2.24) is 10.2 Å². The van der Waals surface area contributed by atoms with Crippen LogP contribution in [0.4, 0.5) is 0 Å². The van der Waals surface area contributed by atoms with Crippen LogP contribution in [0, 0.1) is 0 Å². The minimum atomic E-state index is -0.836. The Morgan fingerprint density at radius 2 is 2.29 bits per heavy atom. The van der Waals surface area contributed by atoms with Gasteiger partial charge >= 0.3 is 5.97 Å². The molecule has 0 saturated carbocycles. The molecule has 0 bridgehead atoms. The van der Waals surface area contributed by atoms with E-state index in [0.29, 0.717) is 13.1 Å². The van der Waals surface area contributed by atoms with Crippen LogP contribution in [0.25, 0.3) is 0 Å². The highest BCUT2D eigenvalue weighted by molar-refractivity contribution is 7.99. The Morgan fingerprint density at radius 1 is 1.53 bits per heavy atom. The molecule has 0 aromatic heterocycles. The maximum Gasteiger partial charge on any atom is 0.305 e. The summed E-state index contributed by atoms with van der Waals surface area (Å²) in [6, 6.07) is -0.151. The topological polar surface area (TPSA) is 69.6 Å². The highest BCUT2D eigenvalue weighted by atomic mass is 32.2. The minimum Gasteiger partial charge on any atom is -0.481 e. The fraction of sp³-hybridized carbons (Fsp3) is 0.818. The molecule has 1 rings (SSSR count). The Labute approximate surface area is 106 Å². The van der Waals surface area contributed by atoms with E-state index in [2.05, 4.69) is 5.32 Å². The first kappa shape index (κ1) is 14.3. The summed E-state index contributed by atoms with van der Waals surface area (Å²) in [6.07, 6.45) is 1.04. The second-order valence-electron chi connectivity index (χ2n) is 4.09. The Balaban J connectivity index is 2.45. The second kappa shape index (κ2) is 7.55. The van der Waals surface area contributed by atoms with Gasteiger partial charge in [-0.25, -0.2) is 0 Å². The van der Waals surface area contributed by atoms with Gasteiger partial charge in [0.1, 0.15) is 0 Å². The molecule has 0 aromatic carbocycles. The van der Waals surface area contributed by atoms with Crippen molar-refractivity contribution in [1.29, 1.82) is 0 Å². The first-order chi connectivity index (χ1) is 8.15. The van der Waals surface area contributed by atoms with Gasteiger partial charge in [-0.1, -0.05) is 6.92 Å². The molecule has 0 aromatic rings. The maximum atomic E-state index is 11.9. The van der Waals surface area contributed by atoms with Crippen molar-refractivity contribution in [3.8, 4) is 0 Å². The molecule has 1 aliphatic rings. The van der Waals surface area contributed by atoms with E-state index in [1.165, 1.54) is 0 Å². The van der Waals surface area contributed by atoms with E-state index in [1.54, 1.807) is 16.7 Å². The molecule has 0 spiro atoms. The summed E-state index contributed by atoms with van der Waals surface area (Å²) in [5.74, 6) is 0.809. The largest absolute Gasteiger partial charge is 0.481 e. The summed E-state index contributed by atoms with van der Waals surface area (Å²) < 4.78 is 0. The standard InChI is InChI=1S/C11H20N2O3S/c1-2-3-12-7-10(14)13-4-5-17-8-9(13)6-11(15)16/h9,12H,2-8H2,1H3,(H,15,16). The van der Waals surface area contributed by atoms with E-state index in [-0.39, 0.29) is 18.4 Å². The van der Waals surface area contributed by atoms with Crippen molar-refractivity contribution in [2.75, 3.05) is 31.1 Å². The highest BCUT2D eigenvalue weighted by Gasteiger charge is 2.28. The number of carboxylic acid groups (broad SMARTS) is 1. The van der Waals surface area contributed by atoms with E-state index in [0.717, 1.165) is 24.5 Å². The monoisotopic (exact) mass is 260 g/mol. The first-order valence-corrected chi connectivity index (χ1v) is 7.10. The third-order valence-corrected chi connectivity index (χ3v) is 3.75. The molecule has 1 amide bonds. The molecule has 1 aliphatic heterocycles. The molecule has 1 fully saturated rings. The number of hydrogen-bond donors (Lipinski definition) is 2. The van der Waals surface area contributed by atoms with Crippen LogP contribution in [0.5, 0.6) is 0 Å². The molecule has 1 heterocycles. The van der Waals surface area contributed by atoms with Gasteiger partial charge < -0.3 is 15.3 Å². The number of carboxylic acids is 1. The predicted octanol–water partition coefficient (Wildman–Crippen LogP) is 0.405. The van der Waals surface area contributed by atoms with Gasteiger partial charge in [-0.3, -0.25) is 9.59 Å². The highest BCUT2D eigenvalue weighted by Crippen LogP contribution is 2.18. The zero-order valence-corrected chi connectivity index (χ0v) is 11.0. The van der Waals surface area contributed by atoms with E-state index in [4.69, 9.17) is 5.11 Å². The van der Waals surface area contributed by atoms with Crippen LogP contribution >= 0.6 is 11.8 Å². The molecular formula is C11H20N2O3S. The van der Waals surface area contributed by atoms with Gasteiger partial charge in [-0.15, -0.1) is 0 Å². The lowest BCUT2D eigenvalue weighted by molar-refractivity contribution is -0.140. The van der Waals surface area contributed by atoms with Gasteiger partial charge in [0.25, 0.3) is 0 Å². The molecular weight excluding hydrogens is 240 g/mol. The third-order valence-electron chi connectivity index (χ3n) is 2.66. The average Bonchev–Trinajstić information content (AvgIpc) is 2.29. The van der Waals surface area contributed by atoms with Crippen LogP contribution in [-0.4, -0.2) is 59.1 Å². The van der Waals surface area contributed by atoms with Crippen molar-refractivity contribution in [2.24, 2.45) is 0 Å². The Kier molecular flexibility index (Phi) is 6.36. The van der Waals surface area contributed by atoms with Crippen LogP contribution in [-0.2, 0) is 9.59 Å². The molecule has 0 radical (unpaired) electrons. The quantitative estimate of drug-likeness (QED) is 0.677. The number of hydrogen-bond acceptors (Lipinski definition) is 4. The molecule has 98 valence electrons. The molecule has 6 heteroatoms. The number of rotatable bonds is 6. The van der Waals surface area contributed by atoms with Crippen molar-refractivity contribution >= 4 is 23.6 Å². The number of carbonyl (C=O) groups excluding carboxylic acids is 1. The van der Waals surface area contributed by atoms with Gasteiger partial charge in [-0.05, 0) is 13.0 Å². The third kappa shape index (κ3) is 4.95. The molecule has 2 N–H and O–H groups in total. The summed E-state index contributed by atoms with van der Waals surface area (Å²) in [7, 11) is 0. The van der Waals surface area contributed by atoms with Crippen molar-refractivity contribution in [2.45, 2.75) is 25.8 Å². The average molecular weight is 260 g/mol. The lowest BCUT2D eigenvalue weighted by Gasteiger charge is -2.34. The molecule has 17 heavy (non-hydrogen) atoms. The van der Waals surface area contributed by atoms with Crippen LogP contribution in [0.2, 0.25) is 0 Å². The molecule has 1 saturated heterocycles. The van der Waals surface area contributed by atoms with Crippen LogP contribution < -0.4 is 5.32 Å². The number of thioether (sulfide) groups is 1. The summed E-state index contributed by atoms with van der Waals surface area (Å²) in [5, 5.41) is 11.9. The van der Waals surface area contributed by atoms with Gasteiger partial charge in [-0.2, -0.15) is 11.8 Å². The summed E-state index contributed by atoms with van der Waals surface area (Å²) in [5.41, 5.74) is 0. The lowest BCUT2D eigenvalue weighted by atomic mass is 10.2. The van der Waals surface area contributed by atoms with Crippen LogP contribution in [0.3, 0.4) is 0 Å². The number of carbonyl (C=O) groups is 2. The fourth-order valence-corrected chi connectivity index (χ4v) is 2.89. The van der Waals surface area contributed by atoms with Crippen molar-refractivity contribution in [3.05, 3.63) is 0 Å². The number of amides is 1. The number of nitrogens with one attached hydrogen (secondary N) is 1. The smallest absolute Gasteiger partial charge is 0.305 e. The van der Waals surface area contributed by atoms with Crippen LogP contribution in [0.1, 0.15) is 19.8 Å². The molecule has 5 nitrogen and oxygen atoms in total. The minimum absolute atomic E-state index is 0.0185. The lowest BCUT2D eigenvalue weighted by Crippen LogP contribution is -2.50. The second-order valence-corrected chi connectivity index (χ2v) is 5.24. The van der Waals surface area contributed by atoms with E-state index in [1.807, 2.05) is 6.92 Å². The number of aliphatic carboxylic acids is 1. The normalized spacial score (nSPS) is 20.3. The Bertz CT molecular complexity index is 273. The SMILES string of the molecule is CCCNCC(=O)N1CCSCC1CC(=O)O. The van der Waals surface area contributed by atoms with Crippen molar-refractivity contribution in [3.63, 3.8) is 0 Å². The zero-order valence-electron chi connectivity index (χ0n) is 10.1. The summed E-state index contributed by atoms with van der Waals surface area (Å²) >= 11 is 1.72. The fourth-order valence-electron chi connectivity index (χ4n) is 1.83. The predicted molar refractivity (Wildman–Crippen MR) is 68.2 cm³/mol. The molecule has 1 atom stereocenters. The molecule has 0 aliphatic carbocycles. The van der Waals surface area contributed by atoms with Gasteiger partial charge in [0, 0.05) is 18.1 Å². The summed E-state index contributed by atoms with van der Waals surface area (Å²) in [4.78, 5) is 24.4. The zero-order chi connectivity index (χ0) is 12.7. The summed E-state index contributed by atoms with van der Waals surface area (Å²) in [6.45, 7) is 3.84. The first-order valence-electron chi connectivity index (χ1n) is 5.95. The Hall–Kier alpha value is -0.750. The van der Waals surface area contributed by atoms with E-state index in [9.17, 15) is 9.59 Å². The maximum absolute atomic E-state index is 11.9. The van der Waals surface area contributed by atoms with Gasteiger partial charge in [0.2, 0.25) is 5.91 Å².